The van der Waals surface area contributed by atoms with Gasteiger partial charge in [0.05, 0.1) is 25.0 Å². The second-order valence-electron chi connectivity index (χ2n) is 3.99. The van der Waals surface area contributed by atoms with Crippen molar-refractivity contribution in [1.29, 1.82) is 0 Å². The molecule has 2 rings (SSSR count). The van der Waals surface area contributed by atoms with Crippen LogP contribution in [0.3, 0.4) is 0 Å². The Morgan fingerprint density at radius 1 is 1.53 bits per heavy atom. The summed E-state index contributed by atoms with van der Waals surface area (Å²) in [6.45, 7) is 0. The number of anilines is 1. The summed E-state index contributed by atoms with van der Waals surface area (Å²) in [5.74, 6) is -0.0608. The molecule has 17 heavy (non-hydrogen) atoms. The van der Waals surface area contributed by atoms with E-state index in [0.29, 0.717) is 0 Å². The predicted octanol–water partition coefficient (Wildman–Crippen LogP) is 2.02. The summed E-state index contributed by atoms with van der Waals surface area (Å²) in [4.78, 5) is 11.2. The van der Waals surface area contributed by atoms with E-state index in [1.807, 2.05) is 12.1 Å². The first-order valence-electron chi connectivity index (χ1n) is 5.12. The maximum absolute atomic E-state index is 11.2. The molecule has 0 radical (unpaired) electrons. The van der Waals surface area contributed by atoms with Crippen molar-refractivity contribution in [2.45, 2.75) is 12.2 Å². The maximum atomic E-state index is 11.2. The summed E-state index contributed by atoms with van der Waals surface area (Å²) in [6, 6.07) is 5.43. The highest BCUT2D eigenvalue weighted by molar-refractivity contribution is 8.25. The first kappa shape index (κ1) is 12.2. The molecular formula is C11H15NO4S. The van der Waals surface area contributed by atoms with Gasteiger partial charge >= 0.3 is 5.97 Å². The summed E-state index contributed by atoms with van der Waals surface area (Å²) >= 11 is 0. The van der Waals surface area contributed by atoms with Crippen LogP contribution in [0.5, 0.6) is 0 Å². The second kappa shape index (κ2) is 4.21. The van der Waals surface area contributed by atoms with Gasteiger partial charge in [-0.15, -0.1) is 10.8 Å². The van der Waals surface area contributed by atoms with Gasteiger partial charge in [-0.05, 0) is 17.2 Å². The van der Waals surface area contributed by atoms with Gasteiger partial charge in [-0.2, -0.15) is 0 Å². The molecule has 0 aromatic heterocycles. The molecule has 0 saturated heterocycles. The third kappa shape index (κ3) is 2.24. The van der Waals surface area contributed by atoms with E-state index in [4.69, 9.17) is 0 Å². The predicted molar refractivity (Wildman–Crippen MR) is 67.1 cm³/mol. The molecule has 0 spiro atoms. The van der Waals surface area contributed by atoms with Crippen molar-refractivity contribution in [3.8, 4) is 0 Å². The highest BCUT2D eigenvalue weighted by Crippen LogP contribution is 2.55. The van der Waals surface area contributed by atoms with E-state index in [-0.39, 0.29) is 18.1 Å². The Kier molecular flexibility index (Phi) is 3.03. The number of benzene rings is 1. The lowest BCUT2D eigenvalue weighted by Gasteiger charge is -2.35. The number of hydrogen-bond donors (Lipinski definition) is 2. The zero-order valence-electron chi connectivity index (χ0n) is 9.71. The fourth-order valence-electron chi connectivity index (χ4n) is 1.84. The number of esters is 1. The van der Waals surface area contributed by atoms with E-state index >= 15 is 0 Å². The Morgan fingerprint density at radius 2 is 2.24 bits per heavy atom. The molecule has 0 unspecified atom stereocenters. The first-order chi connectivity index (χ1) is 7.94. The van der Waals surface area contributed by atoms with Gasteiger partial charge in [0.25, 0.3) is 0 Å². The maximum Gasteiger partial charge on any atom is 0.309 e. The van der Waals surface area contributed by atoms with Gasteiger partial charge < -0.3 is 4.74 Å². The fraction of sp³-hybridized carbons (Fsp3) is 0.364. The Balaban J connectivity index is 2.28. The van der Waals surface area contributed by atoms with Crippen molar-refractivity contribution < 1.29 is 18.6 Å². The summed E-state index contributed by atoms with van der Waals surface area (Å²) in [7, 11) is 0.270. The van der Waals surface area contributed by atoms with Gasteiger partial charge in [0.1, 0.15) is 0 Å². The molecule has 1 heterocycles. The molecule has 1 aliphatic rings. The fourth-order valence-corrected chi connectivity index (χ4v) is 3.18. The Labute approximate surface area is 101 Å². The normalized spacial score (nSPS) is 18.7. The number of carbonyl (C=O) groups excluding carboxylic acids is 1. The summed E-state index contributed by atoms with van der Waals surface area (Å²) < 4.78 is 25.6. The molecule has 0 fully saturated rings. The third-order valence-electron chi connectivity index (χ3n) is 2.85. The number of hydrogen-bond acceptors (Lipinski definition) is 5. The molecule has 1 aromatic carbocycles. The van der Waals surface area contributed by atoms with Crippen molar-refractivity contribution in [2.24, 2.45) is 0 Å². The smallest absolute Gasteiger partial charge is 0.309 e. The average Bonchev–Trinajstić information content (AvgIpc) is 2.51. The number of methoxy groups -OCH3 is 1. The number of rotatable bonds is 2. The Hall–Kier alpha value is -1.24. The standard InChI is InChI=1S/C11H15NO4S/c1-12-10-5-8(6-11(13)16-2)3-4-9(10)7-17(12,14)15/h3-5,14-15H,6-7H2,1-2H3. The van der Waals surface area contributed by atoms with Gasteiger partial charge in [-0.25, -0.2) is 0 Å². The van der Waals surface area contributed by atoms with Crippen molar-refractivity contribution in [1.82, 2.24) is 0 Å². The van der Waals surface area contributed by atoms with E-state index < -0.39 is 10.8 Å². The average molecular weight is 257 g/mol. The van der Waals surface area contributed by atoms with Crippen LogP contribution in [0.4, 0.5) is 5.69 Å². The zero-order valence-corrected chi connectivity index (χ0v) is 10.5. The van der Waals surface area contributed by atoms with Crippen LogP contribution in [0.25, 0.3) is 0 Å². The molecular weight excluding hydrogens is 242 g/mol. The minimum Gasteiger partial charge on any atom is -0.469 e. The third-order valence-corrected chi connectivity index (χ3v) is 4.63. The van der Waals surface area contributed by atoms with Gasteiger partial charge in [-0.3, -0.25) is 18.2 Å². The van der Waals surface area contributed by atoms with Crippen LogP contribution >= 0.6 is 10.8 Å². The van der Waals surface area contributed by atoms with Crippen molar-refractivity contribution in [2.75, 3.05) is 18.5 Å². The molecule has 94 valence electrons. The van der Waals surface area contributed by atoms with Gasteiger partial charge in [0.15, 0.2) is 0 Å². The first-order valence-corrected chi connectivity index (χ1v) is 6.80. The van der Waals surface area contributed by atoms with Gasteiger partial charge in [-0.1, -0.05) is 12.1 Å². The number of ether oxygens (including phenoxy) is 1. The SMILES string of the molecule is COC(=O)Cc1ccc2c(c1)N(C)S(O)(O)C2. The topological polar surface area (TPSA) is 70.0 Å². The van der Waals surface area contributed by atoms with Crippen LogP contribution < -0.4 is 4.31 Å². The van der Waals surface area contributed by atoms with Crippen molar-refractivity contribution >= 4 is 22.4 Å². The minimum absolute atomic E-state index is 0.191. The van der Waals surface area contributed by atoms with Gasteiger partial charge in [0.2, 0.25) is 0 Å². The lowest BCUT2D eigenvalue weighted by atomic mass is 10.1. The zero-order chi connectivity index (χ0) is 12.6. The molecule has 5 nitrogen and oxygen atoms in total. The molecule has 0 saturated carbocycles. The summed E-state index contributed by atoms with van der Waals surface area (Å²) in [5, 5.41) is 0. The van der Waals surface area contributed by atoms with Crippen LogP contribution in [0.2, 0.25) is 0 Å². The summed E-state index contributed by atoms with van der Waals surface area (Å²) in [6.07, 6.45) is 0.191. The molecule has 1 aliphatic heterocycles. The monoisotopic (exact) mass is 257 g/mol. The van der Waals surface area contributed by atoms with E-state index in [1.165, 1.54) is 11.4 Å². The minimum atomic E-state index is -2.72. The van der Waals surface area contributed by atoms with Crippen molar-refractivity contribution in [3.63, 3.8) is 0 Å². The van der Waals surface area contributed by atoms with Crippen LogP contribution in [-0.2, 0) is 21.7 Å². The Morgan fingerprint density at radius 3 is 2.88 bits per heavy atom. The van der Waals surface area contributed by atoms with Crippen molar-refractivity contribution in [3.05, 3.63) is 29.3 Å². The molecule has 0 amide bonds. The highest BCUT2D eigenvalue weighted by atomic mass is 32.3. The molecule has 0 atom stereocenters. The van der Waals surface area contributed by atoms with E-state index in [2.05, 4.69) is 4.74 Å². The van der Waals surface area contributed by atoms with E-state index in [1.54, 1.807) is 13.1 Å². The number of carbonyl (C=O) groups is 1. The van der Waals surface area contributed by atoms with Gasteiger partial charge in [0, 0.05) is 7.05 Å². The van der Waals surface area contributed by atoms with Crippen LogP contribution in [-0.4, -0.2) is 29.2 Å². The highest BCUT2D eigenvalue weighted by Gasteiger charge is 2.30. The quantitative estimate of drug-likeness (QED) is 0.793. The molecule has 1 aromatic rings. The number of nitrogens with zero attached hydrogens (tertiary/aromatic N) is 1. The number of fused-ring (bicyclic) bond motifs is 1. The summed E-state index contributed by atoms with van der Waals surface area (Å²) in [5.41, 5.74) is 2.46. The lowest BCUT2D eigenvalue weighted by molar-refractivity contribution is -0.139. The molecule has 0 bridgehead atoms. The Bertz CT molecular complexity index is 461. The van der Waals surface area contributed by atoms with Crippen LogP contribution in [0, 0.1) is 0 Å². The molecule has 6 heteroatoms. The molecule has 0 aliphatic carbocycles. The second-order valence-corrected chi connectivity index (χ2v) is 6.09. The van der Waals surface area contributed by atoms with E-state index in [0.717, 1.165) is 16.8 Å². The largest absolute Gasteiger partial charge is 0.469 e. The van der Waals surface area contributed by atoms with Crippen LogP contribution in [0.1, 0.15) is 11.1 Å². The van der Waals surface area contributed by atoms with E-state index in [9.17, 15) is 13.9 Å². The lowest BCUT2D eigenvalue weighted by Crippen LogP contribution is -2.17. The van der Waals surface area contributed by atoms with Crippen LogP contribution in [0.15, 0.2) is 18.2 Å². The molecule has 2 N–H and O–H groups in total.